The van der Waals surface area contributed by atoms with Crippen LogP contribution in [0.3, 0.4) is 0 Å². The zero-order chi connectivity index (χ0) is 22.6. The summed E-state index contributed by atoms with van der Waals surface area (Å²) < 4.78 is 15.9. The number of carboxylic acids is 1. The summed E-state index contributed by atoms with van der Waals surface area (Å²) in [6, 6.07) is 24.7. The largest absolute Gasteiger partial charge is 0.550 e. The van der Waals surface area contributed by atoms with Crippen molar-refractivity contribution in [2.75, 3.05) is 21.3 Å². The molecule has 3 aromatic carbocycles. The van der Waals surface area contributed by atoms with Crippen molar-refractivity contribution in [2.45, 2.75) is 34.5 Å². The molecule has 164 valence electrons. The number of aliphatic carboxylic acids is 1. The van der Waals surface area contributed by atoms with Crippen LogP contribution < -0.4 is 19.3 Å². The number of methoxy groups -OCH3 is 3. The van der Waals surface area contributed by atoms with Gasteiger partial charge in [0.05, 0.1) is 32.2 Å². The molecule has 0 atom stereocenters. The van der Waals surface area contributed by atoms with Crippen molar-refractivity contribution in [3.63, 3.8) is 0 Å². The van der Waals surface area contributed by atoms with Gasteiger partial charge in [-0.3, -0.25) is 0 Å². The number of carboxylic acid groups (broad SMARTS) is 1. The van der Waals surface area contributed by atoms with Crippen molar-refractivity contribution in [1.29, 1.82) is 0 Å². The van der Waals surface area contributed by atoms with E-state index in [2.05, 4.69) is 36.4 Å². The fraction of sp³-hybridized carbons (Fsp3) is 0.240. The fourth-order valence-corrected chi connectivity index (χ4v) is 4.79. The third-order valence-corrected chi connectivity index (χ3v) is 6.57. The van der Waals surface area contributed by atoms with Gasteiger partial charge in [0.25, 0.3) is 0 Å². The highest BCUT2D eigenvalue weighted by atomic mass is 32.2. The quantitative estimate of drug-likeness (QED) is 0.487. The molecule has 0 bridgehead atoms. The lowest BCUT2D eigenvalue weighted by molar-refractivity contribution is -0.305. The number of hydrogen-bond acceptors (Lipinski definition) is 5. The first-order valence-corrected chi connectivity index (χ1v) is 11.1. The molecule has 0 aromatic heterocycles. The molecule has 0 saturated carbocycles. The Balaban J connectivity index is 0.000000501. The summed E-state index contributed by atoms with van der Waals surface area (Å²) in [4.78, 5) is 13.2. The molecular weight excluding hydrogens is 412 g/mol. The van der Waals surface area contributed by atoms with Crippen LogP contribution in [0.1, 0.15) is 19.8 Å². The minimum atomic E-state index is -0.961. The lowest BCUT2D eigenvalue weighted by Gasteiger charge is -2.10. The Morgan fingerprint density at radius 1 is 0.677 bits per heavy atom. The van der Waals surface area contributed by atoms with E-state index < -0.39 is 5.97 Å². The normalized spacial score (nSPS) is 10.1. The molecule has 3 aromatic rings. The summed E-state index contributed by atoms with van der Waals surface area (Å²) in [7, 11) is 4.83. The van der Waals surface area contributed by atoms with E-state index in [1.165, 1.54) is 14.7 Å². The van der Waals surface area contributed by atoms with E-state index in [1.54, 1.807) is 28.3 Å². The smallest absolute Gasteiger partial charge is 0.166 e. The molecule has 0 spiro atoms. The Kier molecular flexibility index (Phi) is 9.78. The first-order valence-electron chi connectivity index (χ1n) is 9.88. The van der Waals surface area contributed by atoms with E-state index in [0.717, 1.165) is 17.2 Å². The standard InChI is InChI=1S/C21H21O3S.C4H8O2/c1-22-16-4-10-19(11-5-16)25(20-12-6-17(23-2)7-13-20)21-14-8-18(24-3)9-15-21;1-2-3-4(5)6/h4-15H,1-3H3;2-3H2,1H3,(H,5,6)/q+1;/p-1. The Morgan fingerprint density at radius 2 is 0.968 bits per heavy atom. The molecule has 0 aliphatic carbocycles. The Hall–Kier alpha value is -3.12. The van der Waals surface area contributed by atoms with Gasteiger partial charge in [-0.2, -0.15) is 0 Å². The van der Waals surface area contributed by atoms with Crippen LogP contribution >= 0.6 is 0 Å². The third-order valence-electron chi connectivity index (χ3n) is 4.34. The number of rotatable bonds is 8. The van der Waals surface area contributed by atoms with Crippen molar-refractivity contribution < 1.29 is 24.1 Å². The highest BCUT2D eigenvalue weighted by Crippen LogP contribution is 2.33. The number of benzene rings is 3. The van der Waals surface area contributed by atoms with Crippen molar-refractivity contribution in [3.8, 4) is 17.2 Å². The summed E-state index contributed by atoms with van der Waals surface area (Å²) in [5.41, 5.74) is 0. The van der Waals surface area contributed by atoms with Crippen molar-refractivity contribution in [3.05, 3.63) is 72.8 Å². The average Bonchev–Trinajstić information content (AvgIpc) is 2.81. The van der Waals surface area contributed by atoms with Crippen LogP contribution in [0.4, 0.5) is 0 Å². The molecule has 0 unspecified atom stereocenters. The molecule has 0 radical (unpaired) electrons. The molecule has 0 saturated heterocycles. The number of ether oxygens (including phenoxy) is 3. The van der Waals surface area contributed by atoms with Crippen molar-refractivity contribution in [2.24, 2.45) is 0 Å². The number of carbonyl (C=O) groups is 1. The first-order chi connectivity index (χ1) is 15.0. The third kappa shape index (κ3) is 7.26. The summed E-state index contributed by atoms with van der Waals surface area (Å²) in [5, 5.41) is 9.49. The molecule has 31 heavy (non-hydrogen) atoms. The van der Waals surface area contributed by atoms with E-state index in [-0.39, 0.29) is 17.3 Å². The molecular formula is C25H28O5S. The van der Waals surface area contributed by atoms with Crippen LogP contribution in [-0.2, 0) is 15.7 Å². The lowest BCUT2D eigenvalue weighted by atomic mass is 10.3. The van der Waals surface area contributed by atoms with Crippen LogP contribution in [0.2, 0.25) is 0 Å². The van der Waals surface area contributed by atoms with Gasteiger partial charge in [0.15, 0.2) is 14.7 Å². The molecule has 0 amide bonds. The summed E-state index contributed by atoms with van der Waals surface area (Å²) in [5.74, 6) is 1.61. The molecule has 0 heterocycles. The minimum absolute atomic E-state index is 0.181. The molecule has 0 aliphatic rings. The summed E-state index contributed by atoms with van der Waals surface area (Å²) >= 11 is 0. The van der Waals surface area contributed by atoms with Crippen molar-refractivity contribution in [1.82, 2.24) is 0 Å². The molecule has 3 rings (SSSR count). The van der Waals surface area contributed by atoms with Gasteiger partial charge in [-0.15, -0.1) is 0 Å². The second kappa shape index (κ2) is 12.5. The highest BCUT2D eigenvalue weighted by Gasteiger charge is 2.28. The molecule has 0 N–H and O–H groups in total. The SMILES string of the molecule is CCCC(=O)[O-].COc1ccc([S+](c2ccc(OC)cc2)c2ccc(OC)cc2)cc1. The van der Waals surface area contributed by atoms with E-state index in [4.69, 9.17) is 14.2 Å². The van der Waals surface area contributed by atoms with Gasteiger partial charge in [-0.25, -0.2) is 0 Å². The lowest BCUT2D eigenvalue weighted by Crippen LogP contribution is -2.20. The number of carbonyl (C=O) groups excluding carboxylic acids is 1. The van der Waals surface area contributed by atoms with Gasteiger partial charge < -0.3 is 24.1 Å². The van der Waals surface area contributed by atoms with Gasteiger partial charge in [0, 0.05) is 5.97 Å². The van der Waals surface area contributed by atoms with E-state index in [9.17, 15) is 9.90 Å². The van der Waals surface area contributed by atoms with Gasteiger partial charge in [0.2, 0.25) is 0 Å². The van der Waals surface area contributed by atoms with Crippen LogP contribution in [0, 0.1) is 0 Å². The molecule has 0 aliphatic heterocycles. The molecule has 6 heteroatoms. The van der Waals surface area contributed by atoms with Crippen LogP contribution in [0.5, 0.6) is 17.2 Å². The first kappa shape index (κ1) is 24.2. The van der Waals surface area contributed by atoms with Gasteiger partial charge in [-0.1, -0.05) is 13.3 Å². The molecule has 0 fully saturated rings. The monoisotopic (exact) mass is 440 g/mol. The van der Waals surface area contributed by atoms with Crippen LogP contribution in [0.15, 0.2) is 87.5 Å². The average molecular weight is 441 g/mol. The minimum Gasteiger partial charge on any atom is -0.550 e. The number of hydrogen-bond donors (Lipinski definition) is 0. The maximum atomic E-state index is 9.49. The van der Waals surface area contributed by atoms with Gasteiger partial charge >= 0.3 is 0 Å². The zero-order valence-electron chi connectivity index (χ0n) is 18.3. The topological polar surface area (TPSA) is 67.8 Å². The Bertz CT molecular complexity index is 809. The summed E-state index contributed by atoms with van der Waals surface area (Å²) in [6.07, 6.45) is 0.850. The van der Waals surface area contributed by atoms with Crippen molar-refractivity contribution >= 4 is 16.9 Å². The van der Waals surface area contributed by atoms with Gasteiger partial charge in [-0.05, 0) is 79.2 Å². The maximum Gasteiger partial charge on any atom is 0.166 e. The second-order valence-corrected chi connectivity index (χ2v) is 8.48. The maximum absolute atomic E-state index is 9.49. The summed E-state index contributed by atoms with van der Waals surface area (Å²) in [6.45, 7) is 1.80. The zero-order valence-corrected chi connectivity index (χ0v) is 19.1. The molecule has 5 nitrogen and oxygen atoms in total. The van der Waals surface area contributed by atoms with E-state index in [0.29, 0.717) is 6.42 Å². The highest BCUT2D eigenvalue weighted by molar-refractivity contribution is 7.97. The fourth-order valence-electron chi connectivity index (χ4n) is 2.75. The Morgan fingerprint density at radius 3 is 1.13 bits per heavy atom. The second-order valence-electron chi connectivity index (χ2n) is 6.45. The Labute approximate surface area is 186 Å². The van der Waals surface area contributed by atoms with Crippen LogP contribution in [-0.4, -0.2) is 27.3 Å². The van der Waals surface area contributed by atoms with E-state index >= 15 is 0 Å². The van der Waals surface area contributed by atoms with E-state index in [1.807, 2.05) is 36.4 Å². The predicted octanol–water partition coefficient (Wildman–Crippen LogP) is 4.34. The van der Waals surface area contributed by atoms with Gasteiger partial charge in [0.1, 0.15) is 17.2 Å². The predicted molar refractivity (Wildman–Crippen MR) is 121 cm³/mol. The van der Waals surface area contributed by atoms with Crippen LogP contribution in [0.25, 0.3) is 0 Å².